The van der Waals surface area contributed by atoms with Gasteiger partial charge in [0, 0.05) is 36.9 Å². The lowest BCUT2D eigenvalue weighted by Gasteiger charge is -2.21. The molecule has 2 aromatic heterocycles. The maximum absolute atomic E-state index is 12.1. The summed E-state index contributed by atoms with van der Waals surface area (Å²) >= 11 is 0. The van der Waals surface area contributed by atoms with E-state index in [0.717, 1.165) is 36.5 Å². The van der Waals surface area contributed by atoms with Crippen molar-refractivity contribution in [2.24, 2.45) is 0 Å². The lowest BCUT2D eigenvalue weighted by atomic mass is 9.96. The lowest BCUT2D eigenvalue weighted by Crippen LogP contribution is -2.29. The number of hydrogen-bond acceptors (Lipinski definition) is 4. The zero-order valence-electron chi connectivity index (χ0n) is 12.3. The third kappa shape index (κ3) is 2.80. The molecule has 0 spiro atoms. The number of H-pyrrole nitrogens is 1. The molecule has 1 aliphatic heterocycles. The average Bonchev–Trinajstić information content (AvgIpc) is 2.92. The normalized spacial score (nSPS) is 13.8. The van der Waals surface area contributed by atoms with Crippen LogP contribution in [0, 0.1) is 13.8 Å². The smallest absolute Gasteiger partial charge is 0.287 e. The molecular formula is C15H19N5O. The van der Waals surface area contributed by atoms with Crippen LogP contribution in [0.4, 0.5) is 0 Å². The summed E-state index contributed by atoms with van der Waals surface area (Å²) in [6.07, 6.45) is 4.56. The Labute approximate surface area is 123 Å². The van der Waals surface area contributed by atoms with Crippen molar-refractivity contribution in [3.05, 3.63) is 46.3 Å². The van der Waals surface area contributed by atoms with Crippen molar-refractivity contribution in [2.45, 2.75) is 33.4 Å². The fraction of sp³-hybridized carbons (Fsp3) is 0.400. The number of nitrogens with one attached hydrogen (secondary N) is 3. The van der Waals surface area contributed by atoms with Gasteiger partial charge in [-0.15, -0.1) is 0 Å². The summed E-state index contributed by atoms with van der Waals surface area (Å²) in [5, 5.41) is 6.27. The molecule has 3 heterocycles. The van der Waals surface area contributed by atoms with Gasteiger partial charge < -0.3 is 15.6 Å². The highest BCUT2D eigenvalue weighted by Gasteiger charge is 2.17. The fourth-order valence-corrected chi connectivity index (χ4v) is 2.66. The van der Waals surface area contributed by atoms with Gasteiger partial charge in [0.1, 0.15) is 0 Å². The van der Waals surface area contributed by atoms with E-state index < -0.39 is 0 Å². The van der Waals surface area contributed by atoms with Gasteiger partial charge in [0.2, 0.25) is 0 Å². The molecule has 0 aromatic carbocycles. The Balaban J connectivity index is 1.77. The summed E-state index contributed by atoms with van der Waals surface area (Å²) in [6.45, 7) is 6.16. The van der Waals surface area contributed by atoms with Crippen molar-refractivity contribution < 1.29 is 4.79 Å². The van der Waals surface area contributed by atoms with Gasteiger partial charge in [0.15, 0.2) is 5.82 Å². The Hall–Kier alpha value is -2.21. The molecule has 3 N–H and O–H groups in total. The van der Waals surface area contributed by atoms with Crippen LogP contribution in [0.25, 0.3) is 0 Å². The molecule has 6 heteroatoms. The number of imidazole rings is 1. The highest BCUT2D eigenvalue weighted by Crippen LogP contribution is 2.20. The van der Waals surface area contributed by atoms with Crippen LogP contribution in [-0.4, -0.2) is 27.4 Å². The molecule has 0 fully saturated rings. The van der Waals surface area contributed by atoms with E-state index in [1.165, 1.54) is 11.1 Å². The Kier molecular flexibility index (Phi) is 3.70. The van der Waals surface area contributed by atoms with Crippen molar-refractivity contribution in [3.8, 4) is 0 Å². The minimum Gasteiger partial charge on any atom is -0.345 e. The van der Waals surface area contributed by atoms with Gasteiger partial charge in [-0.2, -0.15) is 0 Å². The van der Waals surface area contributed by atoms with E-state index in [1.807, 2.05) is 20.0 Å². The van der Waals surface area contributed by atoms with E-state index in [2.05, 4.69) is 25.6 Å². The molecule has 0 saturated carbocycles. The molecule has 110 valence electrons. The number of aromatic amines is 1. The molecule has 2 aromatic rings. The Morgan fingerprint density at radius 3 is 2.95 bits per heavy atom. The van der Waals surface area contributed by atoms with Crippen LogP contribution < -0.4 is 10.6 Å². The molecule has 0 atom stereocenters. The number of carbonyl (C=O) groups is 1. The topological polar surface area (TPSA) is 82.7 Å². The average molecular weight is 285 g/mol. The molecule has 0 saturated heterocycles. The minimum absolute atomic E-state index is 0.186. The van der Waals surface area contributed by atoms with Gasteiger partial charge in [0.25, 0.3) is 5.91 Å². The minimum atomic E-state index is -0.186. The van der Waals surface area contributed by atoms with Crippen molar-refractivity contribution in [1.82, 2.24) is 25.6 Å². The number of carbonyl (C=O) groups excluding carboxylic acids is 1. The molecule has 21 heavy (non-hydrogen) atoms. The lowest BCUT2D eigenvalue weighted by molar-refractivity contribution is 0.0941. The third-order valence-electron chi connectivity index (χ3n) is 3.81. The first-order chi connectivity index (χ1) is 10.1. The largest absolute Gasteiger partial charge is 0.345 e. The predicted octanol–water partition coefficient (Wildman–Crippen LogP) is 0.997. The van der Waals surface area contributed by atoms with Gasteiger partial charge in [-0.25, -0.2) is 4.98 Å². The highest BCUT2D eigenvalue weighted by molar-refractivity contribution is 5.90. The van der Waals surface area contributed by atoms with E-state index >= 15 is 0 Å². The molecule has 0 radical (unpaired) electrons. The van der Waals surface area contributed by atoms with E-state index in [0.29, 0.717) is 12.4 Å². The first-order valence-corrected chi connectivity index (χ1v) is 7.12. The molecule has 3 rings (SSSR count). The van der Waals surface area contributed by atoms with Crippen LogP contribution >= 0.6 is 0 Å². The number of nitrogens with zero attached hydrogens (tertiary/aromatic N) is 2. The summed E-state index contributed by atoms with van der Waals surface area (Å²) in [6, 6.07) is 0. The first kappa shape index (κ1) is 13.8. The van der Waals surface area contributed by atoms with E-state index in [1.54, 1.807) is 6.20 Å². The number of aryl methyl sites for hydroxylation is 2. The summed E-state index contributed by atoms with van der Waals surface area (Å²) in [4.78, 5) is 23.5. The number of pyridine rings is 1. The summed E-state index contributed by atoms with van der Waals surface area (Å²) in [5.41, 5.74) is 5.53. The van der Waals surface area contributed by atoms with Gasteiger partial charge in [-0.05, 0) is 43.5 Å². The third-order valence-corrected chi connectivity index (χ3v) is 3.81. The monoisotopic (exact) mass is 285 g/mol. The van der Waals surface area contributed by atoms with Gasteiger partial charge in [0.05, 0.1) is 0 Å². The summed E-state index contributed by atoms with van der Waals surface area (Å²) < 4.78 is 0. The number of aromatic nitrogens is 3. The number of fused-ring (bicyclic) bond motifs is 1. The summed E-state index contributed by atoms with van der Waals surface area (Å²) in [7, 11) is 0. The van der Waals surface area contributed by atoms with Gasteiger partial charge >= 0.3 is 0 Å². The second-order valence-corrected chi connectivity index (χ2v) is 5.35. The van der Waals surface area contributed by atoms with Crippen LogP contribution in [0.2, 0.25) is 0 Å². The van der Waals surface area contributed by atoms with Crippen molar-refractivity contribution >= 4 is 5.91 Å². The SMILES string of the molecule is Cc1cnc(C(=O)NCc2c(C)ncc3c2CCNC3)[nH]1. The molecule has 1 aliphatic rings. The summed E-state index contributed by atoms with van der Waals surface area (Å²) in [5.74, 6) is 0.165. The van der Waals surface area contributed by atoms with E-state index in [9.17, 15) is 4.79 Å². The van der Waals surface area contributed by atoms with Crippen LogP contribution in [0.15, 0.2) is 12.4 Å². The number of hydrogen-bond donors (Lipinski definition) is 3. The number of amides is 1. The van der Waals surface area contributed by atoms with E-state index in [4.69, 9.17) is 0 Å². The maximum Gasteiger partial charge on any atom is 0.287 e. The Bertz CT molecular complexity index is 677. The molecular weight excluding hydrogens is 266 g/mol. The standard InChI is InChI=1S/C15H19N5O/c1-9-5-18-14(20-9)15(21)19-8-13-10(2)17-7-11-6-16-4-3-12(11)13/h5,7,16H,3-4,6,8H2,1-2H3,(H,18,20)(H,19,21). The van der Waals surface area contributed by atoms with E-state index in [-0.39, 0.29) is 5.91 Å². The fourth-order valence-electron chi connectivity index (χ4n) is 2.66. The molecule has 0 bridgehead atoms. The van der Waals surface area contributed by atoms with Crippen LogP contribution in [-0.2, 0) is 19.5 Å². The first-order valence-electron chi connectivity index (χ1n) is 7.12. The van der Waals surface area contributed by atoms with Crippen molar-refractivity contribution in [3.63, 3.8) is 0 Å². The van der Waals surface area contributed by atoms with Crippen LogP contribution in [0.3, 0.4) is 0 Å². The zero-order chi connectivity index (χ0) is 14.8. The second-order valence-electron chi connectivity index (χ2n) is 5.35. The number of rotatable bonds is 3. The zero-order valence-corrected chi connectivity index (χ0v) is 12.3. The Morgan fingerprint density at radius 1 is 1.33 bits per heavy atom. The molecule has 1 amide bonds. The van der Waals surface area contributed by atoms with Gasteiger partial charge in [-0.3, -0.25) is 9.78 Å². The highest BCUT2D eigenvalue weighted by atomic mass is 16.2. The predicted molar refractivity (Wildman–Crippen MR) is 78.9 cm³/mol. The Morgan fingerprint density at radius 2 is 2.19 bits per heavy atom. The molecule has 6 nitrogen and oxygen atoms in total. The van der Waals surface area contributed by atoms with Crippen molar-refractivity contribution in [2.75, 3.05) is 6.54 Å². The second kappa shape index (κ2) is 5.65. The molecule has 0 unspecified atom stereocenters. The van der Waals surface area contributed by atoms with Crippen LogP contribution in [0.5, 0.6) is 0 Å². The maximum atomic E-state index is 12.1. The van der Waals surface area contributed by atoms with Crippen molar-refractivity contribution in [1.29, 1.82) is 0 Å². The molecule has 0 aliphatic carbocycles. The van der Waals surface area contributed by atoms with Crippen LogP contribution in [0.1, 0.15) is 38.7 Å². The van der Waals surface area contributed by atoms with Gasteiger partial charge in [-0.1, -0.05) is 0 Å². The quantitative estimate of drug-likeness (QED) is 0.785.